The van der Waals surface area contributed by atoms with Crippen LogP contribution in [0.25, 0.3) is 10.1 Å². The van der Waals surface area contributed by atoms with E-state index < -0.39 is 15.6 Å². The minimum Gasteiger partial charge on any atom is -0.391 e. The maximum absolute atomic E-state index is 12.8. The van der Waals surface area contributed by atoms with Crippen molar-refractivity contribution in [1.82, 2.24) is 4.72 Å². The normalized spacial score (nSPS) is 13.0. The number of rotatable bonds is 6. The van der Waals surface area contributed by atoms with E-state index in [1.165, 1.54) is 11.3 Å². The van der Waals surface area contributed by atoms with Gasteiger partial charge in [0.25, 0.3) is 0 Å². The Labute approximate surface area is 129 Å². The summed E-state index contributed by atoms with van der Waals surface area (Å²) in [6.07, 6.45) is 1.42. The number of benzene rings is 1. The first kappa shape index (κ1) is 16.4. The molecule has 2 aromatic rings. The van der Waals surface area contributed by atoms with Gasteiger partial charge < -0.3 is 5.11 Å². The van der Waals surface area contributed by atoms with Gasteiger partial charge >= 0.3 is 0 Å². The predicted molar refractivity (Wildman–Crippen MR) is 87.1 cm³/mol. The molecule has 0 aliphatic rings. The van der Waals surface area contributed by atoms with Crippen molar-refractivity contribution in [1.29, 1.82) is 0 Å². The summed E-state index contributed by atoms with van der Waals surface area (Å²) in [6, 6.07) is 7.34. The highest BCUT2D eigenvalue weighted by molar-refractivity contribution is 7.90. The molecule has 0 aliphatic heterocycles. The van der Waals surface area contributed by atoms with Crippen LogP contribution < -0.4 is 4.72 Å². The highest BCUT2D eigenvalue weighted by atomic mass is 32.2. The maximum atomic E-state index is 12.8. The molecule has 0 amide bonds. The van der Waals surface area contributed by atoms with Gasteiger partial charge in [0.2, 0.25) is 10.0 Å². The van der Waals surface area contributed by atoms with Crippen LogP contribution >= 0.6 is 11.3 Å². The number of aliphatic hydroxyl groups is 1. The summed E-state index contributed by atoms with van der Waals surface area (Å²) < 4.78 is 29.3. The van der Waals surface area contributed by atoms with Gasteiger partial charge in [0, 0.05) is 15.6 Å². The van der Waals surface area contributed by atoms with Crippen LogP contribution in [0, 0.1) is 0 Å². The zero-order valence-electron chi connectivity index (χ0n) is 12.5. The van der Waals surface area contributed by atoms with Crippen LogP contribution in [0.2, 0.25) is 0 Å². The second-order valence-electron chi connectivity index (χ2n) is 5.38. The smallest absolute Gasteiger partial charge is 0.242 e. The molecule has 2 rings (SSSR count). The largest absolute Gasteiger partial charge is 0.391 e. The number of aliphatic hydroxyl groups excluding tert-OH is 1. The Morgan fingerprint density at radius 2 is 1.86 bits per heavy atom. The highest BCUT2D eigenvalue weighted by Crippen LogP contribution is 2.35. The molecule has 1 aromatic carbocycles. The van der Waals surface area contributed by atoms with Crippen molar-refractivity contribution in [2.24, 2.45) is 0 Å². The van der Waals surface area contributed by atoms with E-state index in [0.717, 1.165) is 4.70 Å². The number of fused-ring (bicyclic) bond motifs is 1. The zero-order chi connectivity index (χ0) is 15.7. The van der Waals surface area contributed by atoms with Crippen molar-refractivity contribution in [3.8, 4) is 0 Å². The van der Waals surface area contributed by atoms with E-state index in [9.17, 15) is 13.5 Å². The molecule has 2 N–H and O–H groups in total. The lowest BCUT2D eigenvalue weighted by Gasteiger charge is -2.27. The minimum atomic E-state index is -3.67. The van der Waals surface area contributed by atoms with E-state index in [2.05, 4.69) is 4.72 Å². The van der Waals surface area contributed by atoms with Gasteiger partial charge in [-0.1, -0.05) is 32.0 Å². The Morgan fingerprint density at radius 1 is 1.24 bits per heavy atom. The van der Waals surface area contributed by atoms with Gasteiger partial charge in [-0.15, -0.1) is 11.3 Å². The molecule has 0 saturated heterocycles. The molecule has 4 nitrogen and oxygen atoms in total. The van der Waals surface area contributed by atoms with E-state index in [1.54, 1.807) is 6.07 Å². The molecule has 6 heteroatoms. The molecular formula is C15H21NO3S2. The molecule has 116 valence electrons. The monoisotopic (exact) mass is 327 g/mol. The first-order chi connectivity index (χ1) is 9.87. The molecule has 0 fully saturated rings. The lowest BCUT2D eigenvalue weighted by molar-refractivity contribution is 0.282. The summed E-state index contributed by atoms with van der Waals surface area (Å²) in [6.45, 7) is 5.55. The molecule has 0 atom stereocenters. The van der Waals surface area contributed by atoms with Gasteiger partial charge in [-0.2, -0.15) is 0 Å². The third-order valence-corrected chi connectivity index (χ3v) is 7.02. The van der Waals surface area contributed by atoms with Gasteiger partial charge in [-0.3, -0.25) is 0 Å². The van der Waals surface area contributed by atoms with Gasteiger partial charge in [-0.25, -0.2) is 13.1 Å². The summed E-state index contributed by atoms with van der Waals surface area (Å²) in [5, 5.41) is 10.2. The number of sulfonamides is 1. The van der Waals surface area contributed by atoms with E-state index in [1.807, 2.05) is 39.0 Å². The summed E-state index contributed by atoms with van der Waals surface area (Å²) in [5.74, 6) is 0. The van der Waals surface area contributed by atoms with Crippen molar-refractivity contribution >= 4 is 31.4 Å². The number of hydrogen-bond acceptors (Lipinski definition) is 4. The third kappa shape index (κ3) is 3.13. The van der Waals surface area contributed by atoms with Gasteiger partial charge in [0.15, 0.2) is 0 Å². The van der Waals surface area contributed by atoms with E-state index in [4.69, 9.17) is 0 Å². The van der Waals surface area contributed by atoms with Crippen LogP contribution in [0.15, 0.2) is 29.2 Å². The second kappa shape index (κ2) is 6.04. The van der Waals surface area contributed by atoms with Crippen LogP contribution in [0.1, 0.15) is 38.5 Å². The van der Waals surface area contributed by atoms with Gasteiger partial charge in [-0.05, 0) is 25.8 Å². The molecule has 0 aliphatic carbocycles. The molecule has 0 radical (unpaired) electrons. The fraction of sp³-hybridized carbons (Fsp3) is 0.467. The molecular weight excluding hydrogens is 306 g/mol. The van der Waals surface area contributed by atoms with Crippen LogP contribution in [0.3, 0.4) is 0 Å². The molecule has 0 unspecified atom stereocenters. The van der Waals surface area contributed by atoms with Crippen LogP contribution in [0.5, 0.6) is 0 Å². The molecule has 21 heavy (non-hydrogen) atoms. The average molecular weight is 327 g/mol. The van der Waals surface area contributed by atoms with Crippen molar-refractivity contribution in [3.63, 3.8) is 0 Å². The Hall–Kier alpha value is -0.950. The third-order valence-electron chi connectivity index (χ3n) is 3.97. The molecule has 0 spiro atoms. The van der Waals surface area contributed by atoms with Crippen molar-refractivity contribution in [2.45, 2.75) is 50.7 Å². The molecule has 1 heterocycles. The first-order valence-electron chi connectivity index (χ1n) is 7.02. The van der Waals surface area contributed by atoms with Crippen molar-refractivity contribution in [3.05, 3.63) is 29.1 Å². The number of hydrogen-bond donors (Lipinski definition) is 2. The van der Waals surface area contributed by atoms with Crippen LogP contribution in [-0.2, 0) is 16.6 Å². The van der Waals surface area contributed by atoms with Crippen molar-refractivity contribution in [2.75, 3.05) is 0 Å². The maximum Gasteiger partial charge on any atom is 0.242 e. The Bertz CT molecular complexity index is 730. The summed E-state index contributed by atoms with van der Waals surface area (Å²) >= 11 is 1.32. The fourth-order valence-electron chi connectivity index (χ4n) is 2.24. The van der Waals surface area contributed by atoms with Gasteiger partial charge in [0.1, 0.15) is 4.90 Å². The first-order valence-corrected chi connectivity index (χ1v) is 9.32. The van der Waals surface area contributed by atoms with E-state index in [0.29, 0.717) is 23.1 Å². The van der Waals surface area contributed by atoms with Crippen molar-refractivity contribution < 1.29 is 13.5 Å². The summed E-state index contributed by atoms with van der Waals surface area (Å²) in [5.41, 5.74) is -0.478. The van der Waals surface area contributed by atoms with Gasteiger partial charge in [0.05, 0.1) is 11.5 Å². The average Bonchev–Trinajstić information content (AvgIpc) is 2.86. The van der Waals surface area contributed by atoms with E-state index >= 15 is 0 Å². The molecule has 0 bridgehead atoms. The Morgan fingerprint density at radius 3 is 2.43 bits per heavy atom. The standard InChI is InChI=1S/C15H21NO3S2/c1-4-15(3,5-2)16-21(18,19)14-11-8-6-7-9-12(11)20-13(14)10-17/h6-9,16-17H,4-5,10H2,1-3H3. The minimum absolute atomic E-state index is 0.221. The predicted octanol–water partition coefficient (Wildman–Crippen LogP) is 3.25. The Balaban J connectivity index is 2.59. The van der Waals surface area contributed by atoms with Crippen LogP contribution in [0.4, 0.5) is 0 Å². The number of thiophene rings is 1. The molecule has 0 saturated carbocycles. The highest BCUT2D eigenvalue weighted by Gasteiger charge is 2.31. The number of nitrogens with one attached hydrogen (secondary N) is 1. The topological polar surface area (TPSA) is 66.4 Å². The van der Waals surface area contributed by atoms with Crippen LogP contribution in [-0.4, -0.2) is 19.1 Å². The lowest BCUT2D eigenvalue weighted by atomic mass is 9.98. The zero-order valence-corrected chi connectivity index (χ0v) is 14.1. The second-order valence-corrected chi connectivity index (χ2v) is 8.14. The summed E-state index contributed by atoms with van der Waals surface area (Å²) in [7, 11) is -3.67. The lowest BCUT2D eigenvalue weighted by Crippen LogP contribution is -2.44. The molecule has 1 aromatic heterocycles. The Kier molecular flexibility index (Phi) is 4.72. The quantitative estimate of drug-likeness (QED) is 0.856. The summed E-state index contributed by atoms with van der Waals surface area (Å²) in [4.78, 5) is 0.706. The SMILES string of the molecule is CCC(C)(CC)NS(=O)(=O)c1c(CO)sc2ccccc12. The van der Waals surface area contributed by atoms with E-state index in [-0.39, 0.29) is 11.5 Å². The fourth-order valence-corrected chi connectivity index (χ4v) is 5.59.